The van der Waals surface area contributed by atoms with E-state index in [9.17, 15) is 193 Å². The summed E-state index contributed by atoms with van der Waals surface area (Å²) in [5.41, 5.74) is 0.378. The third-order valence-corrected chi connectivity index (χ3v) is 25.8. The fourth-order valence-corrected chi connectivity index (χ4v) is 18.7. The zero-order chi connectivity index (χ0) is 108. The second kappa shape index (κ2) is 39.8. The number of phenols is 30. The molecular weight excluding hydrogens is 1990 g/mol. The first-order valence-electron chi connectivity index (χ1n) is 44.8. The normalized spacial score (nSPS) is 21.8. The van der Waals surface area contributed by atoms with Crippen molar-refractivity contribution in [1.82, 2.24) is 0 Å². The van der Waals surface area contributed by atoms with Crippen molar-refractivity contribution in [2.45, 2.75) is 123 Å². The number of aliphatic hydroxyl groups is 6. The van der Waals surface area contributed by atoms with Gasteiger partial charge in [0.15, 0.2) is 128 Å². The molecule has 0 saturated heterocycles. The molecule has 36 N–H and O–H groups in total. The number of phenolic OH excluding ortho intramolecular Hbond substituents is 30. The monoisotopic (exact) mass is 2070 g/mol. The summed E-state index contributed by atoms with van der Waals surface area (Å²) in [5.74, 6) is -22.6. The van der Waals surface area contributed by atoms with Crippen LogP contribution in [0.5, 0.6) is 207 Å². The molecule has 0 aromatic heterocycles. The van der Waals surface area contributed by atoms with E-state index in [2.05, 4.69) is 0 Å². The van der Waals surface area contributed by atoms with Crippen LogP contribution in [-0.4, -0.2) is 251 Å². The Kier molecular flexibility index (Phi) is 27.1. The van der Waals surface area contributed by atoms with E-state index in [4.69, 9.17) is 37.9 Å². The molecule has 2 unspecified atom stereocenters. The van der Waals surface area contributed by atoms with E-state index in [0.29, 0.717) is 16.7 Å². The SMILES string of the molecule is O=C(O[C@@H]1Cc2c(O)cc(O)c([C@@H]3c4c(O)cc(O)cc4O[C@H](c4ccc(O)c(O)c4)[C@H]3O)c2O[C@@H]1c1cc(O)c(O)c(O)c1)c1cc(O)c(O)c(O)c1.O=C(O[C@@H]1Cc2c(O)cc(O)cc2O[C@@H]1c1cc(O)c(O)c(O)c1)c1cc(O)c(O)c(O)c1.Oc1cc(O)c2c(c1)O[C@H](c1ccc(O)c(O)c1)[C@@H](O)[C@@H]2c1c(O)cc(O)c2c1O[C@H](C1=CC(O)C(O)C=C1)[C@H](O)C2.Oc1cc(O)c2c(c1)O[C@H](c1ccc(O)c(O)c1)[C@H](O)C2. The van der Waals surface area contributed by atoms with Gasteiger partial charge in [-0.05, 0) is 113 Å². The lowest BCUT2D eigenvalue weighted by molar-refractivity contribution is -0.0211. The number of carbonyl (C=O) groups is 2. The maximum atomic E-state index is 13.4. The Hall–Kier alpha value is -19.2. The van der Waals surface area contributed by atoms with Crippen LogP contribution in [0, 0.1) is 0 Å². The highest BCUT2D eigenvalue weighted by atomic mass is 16.6. The summed E-state index contributed by atoms with van der Waals surface area (Å²) in [4.78, 5) is 26.1. The van der Waals surface area contributed by atoms with Crippen LogP contribution < -0.4 is 28.4 Å². The van der Waals surface area contributed by atoms with E-state index in [0.717, 1.165) is 97.1 Å². The predicted molar refractivity (Wildman–Crippen MR) is 505 cm³/mol. The van der Waals surface area contributed by atoms with Gasteiger partial charge in [-0.1, -0.05) is 30.4 Å². The minimum Gasteiger partial charge on any atom is -0.508 e. The number of carbonyl (C=O) groups excluding carboxylic acids is 2. The van der Waals surface area contributed by atoms with E-state index in [-0.39, 0.29) is 161 Å². The van der Waals surface area contributed by atoms with Crippen LogP contribution in [-0.2, 0) is 35.2 Å². The fourth-order valence-electron chi connectivity index (χ4n) is 18.7. The molecule has 0 spiro atoms. The fraction of sp³-hybridized carbons (Fsp3) is 0.192. The summed E-state index contributed by atoms with van der Waals surface area (Å²) < 4.78 is 47.0. The Morgan fingerprint density at radius 2 is 0.540 bits per heavy atom. The largest absolute Gasteiger partial charge is 0.508 e. The van der Waals surface area contributed by atoms with Crippen LogP contribution >= 0.6 is 0 Å². The van der Waals surface area contributed by atoms with Gasteiger partial charge in [0.05, 0.1) is 35.2 Å². The number of hydrogen-bond donors (Lipinski definition) is 36. The van der Waals surface area contributed by atoms with Gasteiger partial charge < -0.3 is 222 Å². The summed E-state index contributed by atoms with van der Waals surface area (Å²) in [6, 6.07) is 29.9. The molecule has 0 fully saturated rings. The van der Waals surface area contributed by atoms with Crippen LogP contribution in [0.25, 0.3) is 0 Å². The average Bonchev–Trinajstić information content (AvgIpc) is 0.725. The highest BCUT2D eigenvalue weighted by Gasteiger charge is 2.51. The van der Waals surface area contributed by atoms with E-state index < -0.39 is 253 Å². The van der Waals surface area contributed by atoms with Crippen molar-refractivity contribution in [3.63, 3.8) is 0 Å². The van der Waals surface area contributed by atoms with Gasteiger partial charge in [-0.15, -0.1) is 0 Å². The van der Waals surface area contributed by atoms with Crippen molar-refractivity contribution in [1.29, 1.82) is 0 Å². The zero-order valence-electron chi connectivity index (χ0n) is 76.6. The summed E-state index contributed by atoms with van der Waals surface area (Å²) in [6.07, 6.45) is -14.4. The van der Waals surface area contributed by atoms with Gasteiger partial charge in [-0.3, -0.25) is 0 Å². The lowest BCUT2D eigenvalue weighted by atomic mass is 9.77. The Bertz CT molecular complexity index is 7550. The minimum atomic E-state index is -1.76. The second-order valence-corrected chi connectivity index (χ2v) is 35.7. The van der Waals surface area contributed by atoms with Crippen molar-refractivity contribution < 1.29 is 231 Å². The molecule has 13 aromatic carbocycles. The second-order valence-electron chi connectivity index (χ2n) is 35.7. The van der Waals surface area contributed by atoms with Crippen LogP contribution in [0.1, 0.15) is 135 Å². The number of esters is 2. The van der Waals surface area contributed by atoms with Gasteiger partial charge >= 0.3 is 11.9 Å². The molecular formula is C104H90O46. The van der Waals surface area contributed by atoms with E-state index in [1.165, 1.54) is 85.0 Å². The van der Waals surface area contributed by atoms with Gasteiger partial charge in [-0.2, -0.15) is 0 Å². The van der Waals surface area contributed by atoms with Gasteiger partial charge in [0.25, 0.3) is 0 Å². The first-order chi connectivity index (χ1) is 71.0. The van der Waals surface area contributed by atoms with Crippen LogP contribution in [0.3, 0.4) is 0 Å². The number of benzene rings is 13. The Morgan fingerprint density at radius 3 is 0.927 bits per heavy atom. The van der Waals surface area contributed by atoms with Crippen LogP contribution in [0.4, 0.5) is 0 Å². The summed E-state index contributed by atoms with van der Waals surface area (Å²) in [6.45, 7) is 0. The lowest BCUT2D eigenvalue weighted by Gasteiger charge is -2.40. The number of aliphatic hydroxyl groups excluding tert-OH is 6. The van der Waals surface area contributed by atoms with Gasteiger partial charge in [0, 0.05) is 142 Å². The number of ether oxygens (including phenoxy) is 8. The molecule has 6 aliphatic heterocycles. The molecule has 6 heterocycles. The Balaban J connectivity index is 0.000000143. The first-order valence-corrected chi connectivity index (χ1v) is 44.8. The number of aromatic hydroxyl groups is 30. The molecule has 782 valence electrons. The first kappa shape index (κ1) is 102. The zero-order valence-corrected chi connectivity index (χ0v) is 76.6. The molecule has 0 saturated carbocycles. The van der Waals surface area contributed by atoms with Crippen molar-refractivity contribution in [3.05, 3.63) is 271 Å². The topological polar surface area (TPSA) is 836 Å². The third kappa shape index (κ3) is 19.5. The predicted octanol–water partition coefficient (Wildman–Crippen LogP) is 8.89. The quantitative estimate of drug-likeness (QED) is 0.0401. The number of rotatable bonds is 12. The molecule has 7 aliphatic rings. The lowest BCUT2D eigenvalue weighted by Crippen LogP contribution is -2.41. The Labute approximate surface area is 840 Å². The van der Waals surface area contributed by atoms with Crippen molar-refractivity contribution in [2.24, 2.45) is 0 Å². The van der Waals surface area contributed by atoms with E-state index >= 15 is 0 Å². The maximum Gasteiger partial charge on any atom is 0.338 e. The van der Waals surface area contributed by atoms with Gasteiger partial charge in [-0.25, -0.2) is 9.59 Å². The molecule has 0 bridgehead atoms. The molecule has 16 atom stereocenters. The van der Waals surface area contributed by atoms with E-state index in [1.807, 2.05) is 0 Å². The Morgan fingerprint density at radius 1 is 0.247 bits per heavy atom. The summed E-state index contributed by atoms with van der Waals surface area (Å²) >= 11 is 0. The molecule has 150 heavy (non-hydrogen) atoms. The molecule has 1 aliphatic carbocycles. The van der Waals surface area contributed by atoms with Crippen molar-refractivity contribution in [2.75, 3.05) is 0 Å². The maximum absolute atomic E-state index is 13.4. The summed E-state index contributed by atoms with van der Waals surface area (Å²) in [5, 5.41) is 369. The standard InChI is InChI=1S/C37H30O17.C30H28O12.C22H18O11.C15H14O6/c38-15-8-20(42)28-26(9-15)52-35(12-1-2-17(39)19(41)3-12)33(50)30(28)29-21(43)11-18(40)16-10-27(53-37(51)14-6-24(46)32(49)25(47)7-14)34(54-36(16)29)13-4-22(44)31(48)23(45)5-13;31-13-7-20(37)24-23(8-13)41-29(12-2-4-16(33)19(36)6-12)27(40)26(24)25-21(38)10-17(34)14-9-22(39)28(42-30(14)25)11-1-3-15(32)18(35)5-11;23-10-5-12(24)11-7-18(33-22(31)9-3-15(27)20(30)16(28)4-9)21(32-17(11)6-10)8-1-13(25)19(29)14(26)2-8;16-8-4-11(18)9-6-13(20)15(21-14(9)5-8)7-1-2-10(17)12(19)3-7/h1-9,11,27,30,33-35,38-50H,10H2;1-8,10,15,18,22,26-29,31-40H,9H2;1-6,18,21,23-30H,7H2;1-5,13,15-20H,6H2/t27-,30+,33+,34-,35-;15?,18?,22-,26+,27+,28-,29-;18-,21-;13-,15-/m1111/s1. The number of fused-ring (bicyclic) bond motifs is 6. The van der Waals surface area contributed by atoms with E-state index in [1.54, 1.807) is 0 Å². The average molecular weight is 2080 g/mol. The van der Waals surface area contributed by atoms with Gasteiger partial charge in [0.1, 0.15) is 152 Å². The molecule has 46 heteroatoms. The highest BCUT2D eigenvalue weighted by molar-refractivity contribution is 5.92. The van der Waals surface area contributed by atoms with Crippen molar-refractivity contribution >= 4 is 11.9 Å². The molecule has 0 amide bonds. The van der Waals surface area contributed by atoms with Crippen LogP contribution in [0.15, 0.2) is 188 Å². The number of hydrogen-bond acceptors (Lipinski definition) is 46. The highest BCUT2D eigenvalue weighted by Crippen LogP contribution is 2.62. The molecule has 0 radical (unpaired) electrons. The van der Waals surface area contributed by atoms with Gasteiger partial charge in [0.2, 0.25) is 0 Å². The third-order valence-electron chi connectivity index (χ3n) is 25.8. The molecule has 13 aromatic rings. The molecule has 46 nitrogen and oxygen atoms in total. The minimum absolute atomic E-state index is 0.0238. The van der Waals surface area contributed by atoms with Crippen LogP contribution in [0.2, 0.25) is 0 Å². The van der Waals surface area contributed by atoms with Crippen molar-refractivity contribution in [3.8, 4) is 207 Å². The molecule has 20 rings (SSSR count). The smallest absolute Gasteiger partial charge is 0.338 e. The summed E-state index contributed by atoms with van der Waals surface area (Å²) in [7, 11) is 0.